The molecular weight excluding hydrogens is 220 g/mol. The van der Waals surface area contributed by atoms with Crippen LogP contribution < -0.4 is 0 Å². The maximum Gasteiger partial charge on any atom is 0.309 e. The van der Waals surface area contributed by atoms with Crippen LogP contribution in [-0.2, 0) is 14.3 Å². The van der Waals surface area contributed by atoms with Crippen LogP contribution in [-0.4, -0.2) is 30.1 Å². The van der Waals surface area contributed by atoms with Gasteiger partial charge in [0.25, 0.3) is 0 Å². The van der Waals surface area contributed by atoms with Crippen LogP contribution >= 0.6 is 0 Å². The molecule has 5 rings (SSSR count). The normalized spacial score (nSPS) is 50.0. The molecule has 4 heteroatoms. The molecule has 1 spiro atoms. The number of carbonyl (C=O) groups is 1. The molecule has 2 atom stereocenters. The molecule has 1 heterocycles. The van der Waals surface area contributed by atoms with Crippen molar-refractivity contribution in [1.29, 1.82) is 0 Å². The number of aliphatic carboxylic acids is 1. The zero-order valence-electron chi connectivity index (χ0n) is 9.85. The summed E-state index contributed by atoms with van der Waals surface area (Å²) in [5.41, 5.74) is -0.461. The summed E-state index contributed by atoms with van der Waals surface area (Å²) in [6.07, 6.45) is 4.60. The van der Waals surface area contributed by atoms with Crippen LogP contribution in [0.25, 0.3) is 0 Å². The zero-order valence-corrected chi connectivity index (χ0v) is 9.85. The Labute approximate surface area is 100 Å². The molecule has 17 heavy (non-hydrogen) atoms. The van der Waals surface area contributed by atoms with Crippen molar-refractivity contribution in [3.63, 3.8) is 0 Å². The summed E-state index contributed by atoms with van der Waals surface area (Å²) in [5.74, 6) is 0.210. The number of ether oxygens (including phenoxy) is 2. The van der Waals surface area contributed by atoms with E-state index in [1.54, 1.807) is 0 Å². The van der Waals surface area contributed by atoms with Gasteiger partial charge in [0.1, 0.15) is 0 Å². The summed E-state index contributed by atoms with van der Waals surface area (Å²) in [6.45, 7) is 1.36. The van der Waals surface area contributed by atoms with Gasteiger partial charge in [-0.1, -0.05) is 0 Å². The molecule has 2 unspecified atom stereocenters. The lowest BCUT2D eigenvalue weighted by Crippen LogP contribution is -2.63. The number of hydrogen-bond acceptors (Lipinski definition) is 3. The van der Waals surface area contributed by atoms with Crippen LogP contribution in [0.15, 0.2) is 0 Å². The summed E-state index contributed by atoms with van der Waals surface area (Å²) < 4.78 is 11.9. The fourth-order valence-corrected chi connectivity index (χ4v) is 5.10. The Bertz CT molecular complexity index is 354. The molecule has 0 radical (unpaired) electrons. The van der Waals surface area contributed by atoms with Gasteiger partial charge in [0.2, 0.25) is 0 Å². The van der Waals surface area contributed by atoms with Crippen LogP contribution in [0.3, 0.4) is 0 Å². The van der Waals surface area contributed by atoms with Crippen molar-refractivity contribution in [2.75, 3.05) is 13.2 Å². The lowest BCUT2D eigenvalue weighted by atomic mass is 9.47. The fraction of sp³-hybridized carbons (Fsp3) is 0.923. The topological polar surface area (TPSA) is 55.8 Å². The van der Waals surface area contributed by atoms with E-state index < -0.39 is 17.2 Å². The van der Waals surface area contributed by atoms with Crippen LogP contribution in [0.1, 0.15) is 32.1 Å². The first kappa shape index (κ1) is 10.3. The summed E-state index contributed by atoms with van der Waals surface area (Å²) in [7, 11) is 0. The maximum atomic E-state index is 11.6. The Morgan fingerprint density at radius 2 is 1.65 bits per heavy atom. The minimum absolute atomic E-state index is 0.312. The summed E-state index contributed by atoms with van der Waals surface area (Å²) in [6, 6.07) is 0. The van der Waals surface area contributed by atoms with E-state index in [-0.39, 0.29) is 0 Å². The first-order valence-corrected chi connectivity index (χ1v) is 6.66. The van der Waals surface area contributed by atoms with E-state index >= 15 is 0 Å². The van der Waals surface area contributed by atoms with E-state index in [0.717, 1.165) is 32.1 Å². The van der Waals surface area contributed by atoms with Crippen LogP contribution in [0.5, 0.6) is 0 Å². The fourth-order valence-electron chi connectivity index (χ4n) is 5.10. The molecule has 0 amide bonds. The molecule has 1 N–H and O–H groups in total. The van der Waals surface area contributed by atoms with Gasteiger partial charge in [-0.2, -0.15) is 0 Å². The van der Waals surface area contributed by atoms with Gasteiger partial charge in [0, 0.05) is 11.8 Å². The van der Waals surface area contributed by atoms with Gasteiger partial charge in [-0.05, 0) is 38.0 Å². The van der Waals surface area contributed by atoms with Crippen molar-refractivity contribution in [3.8, 4) is 0 Å². The van der Waals surface area contributed by atoms with Crippen molar-refractivity contribution in [1.82, 2.24) is 0 Å². The highest BCUT2D eigenvalue weighted by Gasteiger charge is 2.67. The molecule has 1 saturated heterocycles. The largest absolute Gasteiger partial charge is 0.481 e. The van der Waals surface area contributed by atoms with Gasteiger partial charge >= 0.3 is 5.97 Å². The van der Waals surface area contributed by atoms with E-state index in [1.165, 1.54) is 0 Å². The van der Waals surface area contributed by atoms with Gasteiger partial charge in [-0.15, -0.1) is 0 Å². The molecule has 4 nitrogen and oxygen atoms in total. The molecular formula is C13H18O4. The van der Waals surface area contributed by atoms with Crippen molar-refractivity contribution in [3.05, 3.63) is 0 Å². The molecule has 1 aliphatic heterocycles. The first-order valence-electron chi connectivity index (χ1n) is 6.66. The zero-order chi connectivity index (χ0) is 11.7. The molecule has 94 valence electrons. The van der Waals surface area contributed by atoms with E-state index in [2.05, 4.69) is 0 Å². The minimum Gasteiger partial charge on any atom is -0.481 e. The molecule has 5 aliphatic rings. The number of hydrogen-bond donors (Lipinski definition) is 1. The van der Waals surface area contributed by atoms with Gasteiger partial charge < -0.3 is 14.6 Å². The predicted molar refractivity (Wildman–Crippen MR) is 58.3 cm³/mol. The summed E-state index contributed by atoms with van der Waals surface area (Å²) in [5, 5.41) is 9.53. The van der Waals surface area contributed by atoms with Gasteiger partial charge in [0.05, 0.1) is 18.6 Å². The number of carboxylic acid groups (broad SMARTS) is 1. The van der Waals surface area contributed by atoms with Crippen LogP contribution in [0.4, 0.5) is 0 Å². The second-order valence-corrected chi connectivity index (χ2v) is 6.35. The Kier molecular flexibility index (Phi) is 1.84. The van der Waals surface area contributed by atoms with Gasteiger partial charge in [-0.25, -0.2) is 0 Å². The molecule has 0 aromatic rings. The highest BCUT2D eigenvalue weighted by molar-refractivity contribution is 5.75. The van der Waals surface area contributed by atoms with Crippen molar-refractivity contribution >= 4 is 5.97 Å². The molecule has 0 aromatic heterocycles. The van der Waals surface area contributed by atoms with Crippen LogP contribution in [0, 0.1) is 23.2 Å². The monoisotopic (exact) mass is 238 g/mol. The van der Waals surface area contributed by atoms with Crippen molar-refractivity contribution in [2.24, 2.45) is 23.2 Å². The van der Waals surface area contributed by atoms with Crippen molar-refractivity contribution < 1.29 is 19.4 Å². The summed E-state index contributed by atoms with van der Waals surface area (Å²) >= 11 is 0. The smallest absolute Gasteiger partial charge is 0.309 e. The first-order chi connectivity index (χ1) is 8.15. The molecule has 5 fully saturated rings. The van der Waals surface area contributed by atoms with E-state index in [0.29, 0.717) is 31.0 Å². The Morgan fingerprint density at radius 3 is 2.18 bits per heavy atom. The van der Waals surface area contributed by atoms with Gasteiger partial charge in [0.15, 0.2) is 5.79 Å². The third-order valence-corrected chi connectivity index (χ3v) is 5.52. The predicted octanol–water partition coefficient (Wildman–Crippen LogP) is 1.64. The maximum absolute atomic E-state index is 11.6. The molecule has 4 bridgehead atoms. The number of carboxylic acids is 1. The quantitative estimate of drug-likeness (QED) is 0.754. The average molecular weight is 238 g/mol. The average Bonchev–Trinajstić information content (AvgIpc) is 2.75. The highest BCUT2D eigenvalue weighted by Crippen LogP contribution is 2.65. The second kappa shape index (κ2) is 3.04. The Morgan fingerprint density at radius 1 is 1.06 bits per heavy atom. The third-order valence-electron chi connectivity index (χ3n) is 5.52. The SMILES string of the molecule is O=C(O)C12CC3CC(C1)C1(OCCO1)C(C3)C2. The lowest BCUT2D eigenvalue weighted by molar-refractivity contribution is -0.300. The Hall–Kier alpha value is -0.610. The highest BCUT2D eigenvalue weighted by atomic mass is 16.7. The summed E-state index contributed by atoms with van der Waals surface area (Å²) in [4.78, 5) is 11.6. The minimum atomic E-state index is -0.593. The number of rotatable bonds is 1. The van der Waals surface area contributed by atoms with Gasteiger partial charge in [-0.3, -0.25) is 4.79 Å². The van der Waals surface area contributed by atoms with Crippen molar-refractivity contribution in [2.45, 2.75) is 37.9 Å². The van der Waals surface area contributed by atoms with E-state index in [4.69, 9.17) is 9.47 Å². The second-order valence-electron chi connectivity index (χ2n) is 6.35. The lowest BCUT2D eigenvalue weighted by Gasteiger charge is -2.61. The van der Waals surface area contributed by atoms with E-state index in [9.17, 15) is 9.90 Å². The molecule has 4 aliphatic carbocycles. The third kappa shape index (κ3) is 1.13. The standard InChI is InChI=1S/C13H18O4/c14-11(15)12-5-8-3-9(6-12)13(10(4-8)7-12)16-1-2-17-13/h8-10H,1-7H2,(H,14,15). The Balaban J connectivity index is 1.74. The van der Waals surface area contributed by atoms with Crippen LogP contribution in [0.2, 0.25) is 0 Å². The molecule has 4 saturated carbocycles. The molecule has 0 aromatic carbocycles. The van der Waals surface area contributed by atoms with E-state index in [1.807, 2.05) is 0 Å².